The van der Waals surface area contributed by atoms with Crippen LogP contribution < -0.4 is 5.32 Å². The number of aromatic nitrogens is 2. The van der Waals surface area contributed by atoms with E-state index in [1.54, 1.807) is 0 Å². The topological polar surface area (TPSA) is 39.1 Å². The summed E-state index contributed by atoms with van der Waals surface area (Å²) in [6.45, 7) is 9.12. The zero-order chi connectivity index (χ0) is 11.4. The van der Waals surface area contributed by atoms with E-state index in [0.29, 0.717) is 5.92 Å². The standard InChI is InChI=1S/C12H21N3O/c1-10-11(2)15(9-14-10)5-4-13-7-12-3-6-16-8-12/h9,12-13H,3-8H2,1-2H3. The first-order chi connectivity index (χ1) is 7.77. The molecule has 0 aliphatic carbocycles. The zero-order valence-electron chi connectivity index (χ0n) is 10.2. The van der Waals surface area contributed by atoms with E-state index < -0.39 is 0 Å². The SMILES string of the molecule is Cc1ncn(CCNCC2CCOC2)c1C. The lowest BCUT2D eigenvalue weighted by atomic mass is 10.1. The summed E-state index contributed by atoms with van der Waals surface area (Å²) in [5, 5.41) is 3.48. The van der Waals surface area contributed by atoms with Crippen LogP contribution in [0.1, 0.15) is 17.8 Å². The minimum Gasteiger partial charge on any atom is -0.381 e. The number of imidazole rings is 1. The Hall–Kier alpha value is -0.870. The Morgan fingerprint density at radius 3 is 3.06 bits per heavy atom. The monoisotopic (exact) mass is 223 g/mol. The molecular weight excluding hydrogens is 202 g/mol. The average molecular weight is 223 g/mol. The van der Waals surface area contributed by atoms with Gasteiger partial charge >= 0.3 is 0 Å². The average Bonchev–Trinajstić information content (AvgIpc) is 2.88. The minimum atomic E-state index is 0.714. The van der Waals surface area contributed by atoms with E-state index in [2.05, 4.69) is 28.7 Å². The maximum atomic E-state index is 5.34. The van der Waals surface area contributed by atoms with Crippen molar-refractivity contribution in [3.05, 3.63) is 17.7 Å². The van der Waals surface area contributed by atoms with Crippen LogP contribution in [-0.2, 0) is 11.3 Å². The van der Waals surface area contributed by atoms with Gasteiger partial charge in [0.05, 0.1) is 18.6 Å². The third kappa shape index (κ3) is 2.83. The van der Waals surface area contributed by atoms with Gasteiger partial charge in [0, 0.05) is 31.9 Å². The Kier molecular flexibility index (Phi) is 3.96. The Morgan fingerprint density at radius 1 is 1.56 bits per heavy atom. The van der Waals surface area contributed by atoms with Crippen LogP contribution in [0.25, 0.3) is 0 Å². The molecule has 1 aromatic heterocycles. The van der Waals surface area contributed by atoms with Crippen molar-refractivity contribution >= 4 is 0 Å². The van der Waals surface area contributed by atoms with Gasteiger partial charge in [-0.15, -0.1) is 0 Å². The van der Waals surface area contributed by atoms with E-state index >= 15 is 0 Å². The van der Waals surface area contributed by atoms with Crippen molar-refractivity contribution in [2.45, 2.75) is 26.8 Å². The van der Waals surface area contributed by atoms with Crippen molar-refractivity contribution in [2.75, 3.05) is 26.3 Å². The summed E-state index contributed by atoms with van der Waals surface area (Å²) in [4.78, 5) is 4.29. The fourth-order valence-corrected chi connectivity index (χ4v) is 2.02. The lowest BCUT2D eigenvalue weighted by molar-refractivity contribution is 0.185. The van der Waals surface area contributed by atoms with Gasteiger partial charge in [-0.3, -0.25) is 0 Å². The van der Waals surface area contributed by atoms with E-state index in [-0.39, 0.29) is 0 Å². The van der Waals surface area contributed by atoms with E-state index in [1.807, 2.05) is 6.33 Å². The molecule has 1 aliphatic heterocycles. The molecule has 1 saturated heterocycles. The number of aryl methyl sites for hydroxylation is 1. The second kappa shape index (κ2) is 5.46. The summed E-state index contributed by atoms with van der Waals surface area (Å²) in [7, 11) is 0. The predicted molar refractivity (Wildman–Crippen MR) is 63.5 cm³/mol. The van der Waals surface area contributed by atoms with Crippen molar-refractivity contribution in [1.82, 2.24) is 14.9 Å². The number of nitrogens with zero attached hydrogens (tertiary/aromatic N) is 2. The number of hydrogen-bond donors (Lipinski definition) is 1. The summed E-state index contributed by atoms with van der Waals surface area (Å²) >= 11 is 0. The van der Waals surface area contributed by atoms with E-state index in [0.717, 1.165) is 38.5 Å². The van der Waals surface area contributed by atoms with Gasteiger partial charge < -0.3 is 14.6 Å². The maximum Gasteiger partial charge on any atom is 0.0951 e. The summed E-state index contributed by atoms with van der Waals surface area (Å²) < 4.78 is 7.54. The zero-order valence-corrected chi connectivity index (χ0v) is 10.2. The molecule has 0 saturated carbocycles. The number of hydrogen-bond acceptors (Lipinski definition) is 3. The molecule has 4 nitrogen and oxygen atoms in total. The van der Waals surface area contributed by atoms with Crippen LogP contribution in [0.3, 0.4) is 0 Å². The summed E-state index contributed by atoms with van der Waals surface area (Å²) in [6.07, 6.45) is 3.13. The molecule has 1 aliphatic rings. The summed E-state index contributed by atoms with van der Waals surface area (Å²) in [5.41, 5.74) is 2.40. The quantitative estimate of drug-likeness (QED) is 0.760. The molecule has 0 radical (unpaired) electrons. The smallest absolute Gasteiger partial charge is 0.0951 e. The fraction of sp³-hybridized carbons (Fsp3) is 0.750. The van der Waals surface area contributed by atoms with Crippen LogP contribution in [-0.4, -0.2) is 35.9 Å². The molecule has 1 atom stereocenters. The molecule has 0 bridgehead atoms. The molecule has 0 amide bonds. The third-order valence-corrected chi connectivity index (χ3v) is 3.33. The van der Waals surface area contributed by atoms with E-state index in [1.165, 1.54) is 12.1 Å². The van der Waals surface area contributed by atoms with Crippen LogP contribution in [0.4, 0.5) is 0 Å². The van der Waals surface area contributed by atoms with Crippen molar-refractivity contribution in [3.63, 3.8) is 0 Å². The maximum absolute atomic E-state index is 5.34. The number of nitrogens with one attached hydrogen (secondary N) is 1. The van der Waals surface area contributed by atoms with Crippen LogP contribution in [0.5, 0.6) is 0 Å². The summed E-state index contributed by atoms with van der Waals surface area (Å²) in [6, 6.07) is 0. The van der Waals surface area contributed by atoms with Crippen LogP contribution in [0.15, 0.2) is 6.33 Å². The molecule has 2 heterocycles. The predicted octanol–water partition coefficient (Wildman–Crippen LogP) is 1.13. The summed E-state index contributed by atoms with van der Waals surface area (Å²) in [5.74, 6) is 0.714. The Balaban J connectivity index is 1.66. The van der Waals surface area contributed by atoms with E-state index in [9.17, 15) is 0 Å². The van der Waals surface area contributed by atoms with Gasteiger partial charge in [-0.25, -0.2) is 4.98 Å². The fourth-order valence-electron chi connectivity index (χ4n) is 2.02. The van der Waals surface area contributed by atoms with Crippen LogP contribution >= 0.6 is 0 Å². The van der Waals surface area contributed by atoms with Gasteiger partial charge in [0.25, 0.3) is 0 Å². The van der Waals surface area contributed by atoms with Gasteiger partial charge in [0.15, 0.2) is 0 Å². The highest BCUT2D eigenvalue weighted by atomic mass is 16.5. The molecule has 16 heavy (non-hydrogen) atoms. The Labute approximate surface area is 97.0 Å². The normalized spacial score (nSPS) is 20.5. The molecule has 1 fully saturated rings. The molecule has 4 heteroatoms. The molecule has 1 aromatic rings. The molecule has 1 unspecified atom stereocenters. The third-order valence-electron chi connectivity index (χ3n) is 3.33. The van der Waals surface area contributed by atoms with E-state index in [4.69, 9.17) is 4.74 Å². The van der Waals surface area contributed by atoms with Gasteiger partial charge in [0.2, 0.25) is 0 Å². The second-order valence-electron chi connectivity index (χ2n) is 4.54. The highest BCUT2D eigenvalue weighted by Crippen LogP contribution is 2.10. The number of rotatable bonds is 5. The first-order valence-corrected chi connectivity index (χ1v) is 6.04. The second-order valence-corrected chi connectivity index (χ2v) is 4.54. The highest BCUT2D eigenvalue weighted by Gasteiger charge is 2.14. The molecule has 90 valence electrons. The van der Waals surface area contributed by atoms with Crippen molar-refractivity contribution in [2.24, 2.45) is 5.92 Å². The van der Waals surface area contributed by atoms with Gasteiger partial charge in [-0.05, 0) is 26.2 Å². The lowest BCUT2D eigenvalue weighted by Gasteiger charge is -2.10. The minimum absolute atomic E-state index is 0.714. The van der Waals surface area contributed by atoms with Crippen LogP contribution in [0.2, 0.25) is 0 Å². The number of ether oxygens (including phenoxy) is 1. The van der Waals surface area contributed by atoms with Crippen molar-refractivity contribution in [3.8, 4) is 0 Å². The molecule has 0 aromatic carbocycles. The first kappa shape index (κ1) is 11.6. The largest absolute Gasteiger partial charge is 0.381 e. The van der Waals surface area contributed by atoms with Gasteiger partial charge in [-0.1, -0.05) is 0 Å². The Morgan fingerprint density at radius 2 is 2.44 bits per heavy atom. The van der Waals surface area contributed by atoms with Gasteiger partial charge in [0.1, 0.15) is 0 Å². The highest BCUT2D eigenvalue weighted by molar-refractivity contribution is 5.08. The van der Waals surface area contributed by atoms with Crippen molar-refractivity contribution in [1.29, 1.82) is 0 Å². The Bertz CT molecular complexity index is 329. The molecule has 1 N–H and O–H groups in total. The molecule has 2 rings (SSSR count). The lowest BCUT2D eigenvalue weighted by Crippen LogP contribution is -2.26. The molecular formula is C12H21N3O. The van der Waals surface area contributed by atoms with Gasteiger partial charge in [-0.2, -0.15) is 0 Å². The molecule has 0 spiro atoms. The first-order valence-electron chi connectivity index (χ1n) is 6.04. The van der Waals surface area contributed by atoms with Crippen LogP contribution in [0, 0.1) is 19.8 Å². The van der Waals surface area contributed by atoms with Crippen molar-refractivity contribution < 1.29 is 4.74 Å².